The smallest absolute Gasteiger partial charge is 0.0666 e. The van der Waals surface area contributed by atoms with Crippen LogP contribution in [0.25, 0.3) is 5.69 Å². The number of nitrogens with one attached hydrogen (secondary N) is 1. The number of aryl methyl sites for hydroxylation is 1. The van der Waals surface area contributed by atoms with Crippen LogP contribution in [-0.2, 0) is 13.6 Å². The van der Waals surface area contributed by atoms with Crippen LogP contribution in [0.15, 0.2) is 55.0 Å². The van der Waals surface area contributed by atoms with E-state index in [1.165, 1.54) is 0 Å². The molecule has 3 aromatic rings. The first-order chi connectivity index (χ1) is 9.33. The van der Waals surface area contributed by atoms with Gasteiger partial charge in [0.05, 0.1) is 17.9 Å². The van der Waals surface area contributed by atoms with Crippen molar-refractivity contribution in [2.24, 2.45) is 7.05 Å². The van der Waals surface area contributed by atoms with E-state index in [1.54, 1.807) is 12.4 Å². The Kier molecular flexibility index (Phi) is 3.02. The van der Waals surface area contributed by atoms with Gasteiger partial charge in [-0.3, -0.25) is 4.68 Å². The maximum absolute atomic E-state index is 4.23. The predicted molar refractivity (Wildman–Crippen MR) is 74.1 cm³/mol. The largest absolute Gasteiger partial charge is 0.379 e. The first-order valence-corrected chi connectivity index (χ1v) is 6.14. The molecule has 0 fully saturated rings. The Morgan fingerprint density at radius 3 is 2.79 bits per heavy atom. The Balaban J connectivity index is 1.75. The number of nitrogens with zero attached hydrogens (tertiary/aromatic N) is 4. The first kappa shape index (κ1) is 11.5. The third kappa shape index (κ3) is 2.49. The molecule has 2 heterocycles. The van der Waals surface area contributed by atoms with Gasteiger partial charge >= 0.3 is 0 Å². The van der Waals surface area contributed by atoms with E-state index in [2.05, 4.69) is 21.6 Å². The van der Waals surface area contributed by atoms with Crippen LogP contribution in [0.5, 0.6) is 0 Å². The fraction of sp³-hybridized carbons (Fsp3) is 0.143. The molecule has 3 rings (SSSR count). The van der Waals surface area contributed by atoms with Crippen LogP contribution in [0, 0.1) is 0 Å². The zero-order valence-corrected chi connectivity index (χ0v) is 10.7. The molecule has 0 saturated heterocycles. The Hall–Kier alpha value is -2.56. The molecule has 0 aliphatic rings. The third-order valence-corrected chi connectivity index (χ3v) is 3.01. The van der Waals surface area contributed by atoms with Crippen molar-refractivity contribution < 1.29 is 0 Å². The quantitative estimate of drug-likeness (QED) is 0.775. The average molecular weight is 253 g/mol. The minimum atomic E-state index is 0.749. The molecule has 0 atom stereocenters. The van der Waals surface area contributed by atoms with Gasteiger partial charge in [-0.2, -0.15) is 10.2 Å². The van der Waals surface area contributed by atoms with Crippen molar-refractivity contribution in [2.45, 2.75) is 6.54 Å². The Morgan fingerprint density at radius 2 is 2.05 bits per heavy atom. The molecular weight excluding hydrogens is 238 g/mol. The molecule has 0 aliphatic carbocycles. The van der Waals surface area contributed by atoms with Crippen molar-refractivity contribution in [3.63, 3.8) is 0 Å². The summed E-state index contributed by atoms with van der Waals surface area (Å²) in [7, 11) is 1.94. The monoisotopic (exact) mass is 253 g/mol. The molecule has 0 radical (unpaired) electrons. The lowest BCUT2D eigenvalue weighted by molar-refractivity contribution is 0.720. The molecule has 19 heavy (non-hydrogen) atoms. The zero-order chi connectivity index (χ0) is 13.1. The van der Waals surface area contributed by atoms with E-state index in [1.807, 2.05) is 52.9 Å². The Morgan fingerprint density at radius 1 is 1.11 bits per heavy atom. The fourth-order valence-electron chi connectivity index (χ4n) is 1.95. The summed E-state index contributed by atoms with van der Waals surface area (Å²) in [6.07, 6.45) is 5.51. The van der Waals surface area contributed by atoms with Crippen LogP contribution in [-0.4, -0.2) is 19.6 Å². The molecule has 96 valence electrons. The molecular formula is C14H15N5. The topological polar surface area (TPSA) is 47.7 Å². The molecule has 0 spiro atoms. The minimum absolute atomic E-state index is 0.749. The van der Waals surface area contributed by atoms with Gasteiger partial charge < -0.3 is 5.32 Å². The lowest BCUT2D eigenvalue weighted by Crippen LogP contribution is -2.05. The minimum Gasteiger partial charge on any atom is -0.379 e. The van der Waals surface area contributed by atoms with Crippen LogP contribution in [0.2, 0.25) is 0 Å². The Bertz CT molecular complexity index is 654. The van der Waals surface area contributed by atoms with Crippen molar-refractivity contribution in [1.82, 2.24) is 19.6 Å². The molecule has 5 heteroatoms. The summed E-state index contributed by atoms with van der Waals surface area (Å²) in [5.74, 6) is 0. The number of hydrogen-bond donors (Lipinski definition) is 1. The van der Waals surface area contributed by atoms with E-state index in [9.17, 15) is 0 Å². The summed E-state index contributed by atoms with van der Waals surface area (Å²) in [6.45, 7) is 0.749. The molecule has 0 saturated carbocycles. The summed E-state index contributed by atoms with van der Waals surface area (Å²) in [4.78, 5) is 0. The molecule has 1 aromatic carbocycles. The summed E-state index contributed by atoms with van der Waals surface area (Å²) >= 11 is 0. The second-order valence-corrected chi connectivity index (χ2v) is 4.30. The summed E-state index contributed by atoms with van der Waals surface area (Å²) in [5.41, 5.74) is 3.25. The van der Waals surface area contributed by atoms with Crippen molar-refractivity contribution in [3.05, 3.63) is 60.7 Å². The van der Waals surface area contributed by atoms with Gasteiger partial charge in [-0.15, -0.1) is 0 Å². The van der Waals surface area contributed by atoms with E-state index in [0.29, 0.717) is 0 Å². The van der Waals surface area contributed by atoms with Gasteiger partial charge in [-0.05, 0) is 30.3 Å². The SMILES string of the molecule is Cn1nccc1CNc1cccc(-n2cccn2)c1. The van der Waals surface area contributed by atoms with Crippen molar-refractivity contribution in [3.8, 4) is 5.69 Å². The number of hydrogen-bond acceptors (Lipinski definition) is 3. The van der Waals surface area contributed by atoms with Gasteiger partial charge in [0.15, 0.2) is 0 Å². The molecule has 0 amide bonds. The summed E-state index contributed by atoms with van der Waals surface area (Å²) in [5, 5.41) is 11.8. The highest BCUT2D eigenvalue weighted by atomic mass is 15.3. The van der Waals surface area contributed by atoms with Crippen LogP contribution < -0.4 is 5.32 Å². The van der Waals surface area contributed by atoms with Crippen LogP contribution in [0.1, 0.15) is 5.69 Å². The molecule has 2 aromatic heterocycles. The highest BCUT2D eigenvalue weighted by molar-refractivity contribution is 5.50. The highest BCUT2D eigenvalue weighted by Gasteiger charge is 2.00. The zero-order valence-electron chi connectivity index (χ0n) is 10.7. The first-order valence-electron chi connectivity index (χ1n) is 6.14. The number of anilines is 1. The van der Waals surface area contributed by atoms with E-state index in [4.69, 9.17) is 0 Å². The van der Waals surface area contributed by atoms with Crippen LogP contribution in [0.3, 0.4) is 0 Å². The number of aromatic nitrogens is 4. The van der Waals surface area contributed by atoms with Gasteiger partial charge in [0, 0.05) is 31.3 Å². The van der Waals surface area contributed by atoms with E-state index >= 15 is 0 Å². The predicted octanol–water partition coefficient (Wildman–Crippen LogP) is 2.22. The van der Waals surface area contributed by atoms with E-state index in [-0.39, 0.29) is 0 Å². The molecule has 0 unspecified atom stereocenters. The van der Waals surface area contributed by atoms with Gasteiger partial charge in [0.25, 0.3) is 0 Å². The summed E-state index contributed by atoms with van der Waals surface area (Å²) < 4.78 is 3.71. The van der Waals surface area contributed by atoms with Gasteiger partial charge in [-0.1, -0.05) is 6.07 Å². The third-order valence-electron chi connectivity index (χ3n) is 3.01. The van der Waals surface area contributed by atoms with Crippen molar-refractivity contribution in [2.75, 3.05) is 5.32 Å². The average Bonchev–Trinajstić information content (AvgIpc) is 3.08. The summed E-state index contributed by atoms with van der Waals surface area (Å²) in [6, 6.07) is 12.1. The van der Waals surface area contributed by atoms with Crippen LogP contribution in [0.4, 0.5) is 5.69 Å². The Labute approximate surface area is 111 Å². The molecule has 0 bridgehead atoms. The van der Waals surface area contributed by atoms with E-state index < -0.39 is 0 Å². The fourth-order valence-corrected chi connectivity index (χ4v) is 1.95. The second kappa shape index (κ2) is 4.97. The van der Waals surface area contributed by atoms with Crippen LogP contribution >= 0.6 is 0 Å². The standard InChI is InChI=1S/C14H15N5/c1-18-14(6-8-16-18)11-15-12-4-2-5-13(10-12)19-9-3-7-17-19/h2-10,15H,11H2,1H3. The maximum atomic E-state index is 4.23. The lowest BCUT2D eigenvalue weighted by Gasteiger charge is -2.08. The second-order valence-electron chi connectivity index (χ2n) is 4.30. The van der Waals surface area contributed by atoms with Crippen molar-refractivity contribution in [1.29, 1.82) is 0 Å². The van der Waals surface area contributed by atoms with Gasteiger partial charge in [0.2, 0.25) is 0 Å². The molecule has 1 N–H and O–H groups in total. The van der Waals surface area contributed by atoms with Crippen molar-refractivity contribution >= 4 is 5.69 Å². The maximum Gasteiger partial charge on any atom is 0.0666 e. The van der Waals surface area contributed by atoms with E-state index in [0.717, 1.165) is 23.6 Å². The number of rotatable bonds is 4. The highest BCUT2D eigenvalue weighted by Crippen LogP contribution is 2.14. The van der Waals surface area contributed by atoms with Gasteiger partial charge in [-0.25, -0.2) is 4.68 Å². The van der Waals surface area contributed by atoms with Gasteiger partial charge in [0.1, 0.15) is 0 Å². The molecule has 0 aliphatic heterocycles. The normalized spacial score (nSPS) is 10.6. The molecule has 5 nitrogen and oxygen atoms in total. The number of benzene rings is 1. The lowest BCUT2D eigenvalue weighted by atomic mass is 10.2.